The van der Waals surface area contributed by atoms with Crippen LogP contribution < -0.4 is 14.4 Å². The smallest absolute Gasteiger partial charge is 0.302 e. The number of amides is 1. The highest BCUT2D eigenvalue weighted by molar-refractivity contribution is 6.51. The predicted molar refractivity (Wildman–Crippen MR) is 127 cm³/mol. The Kier molecular flexibility index (Phi) is 5.25. The zero-order chi connectivity index (χ0) is 23.8. The summed E-state index contributed by atoms with van der Waals surface area (Å²) < 4.78 is 10.7. The van der Waals surface area contributed by atoms with Crippen LogP contribution in [0.1, 0.15) is 17.2 Å². The molecule has 170 valence electrons. The first-order chi connectivity index (χ1) is 16.5. The van der Waals surface area contributed by atoms with Crippen molar-refractivity contribution in [3.63, 3.8) is 0 Å². The average molecular weight is 455 g/mol. The topological polar surface area (TPSA) is 105 Å². The minimum absolute atomic E-state index is 0.0665. The Morgan fingerprint density at radius 3 is 2.41 bits per heavy atom. The molecule has 1 unspecified atom stereocenters. The number of nitrogens with zero attached hydrogens (tertiary/aromatic N) is 2. The Hall–Kier alpha value is -4.59. The van der Waals surface area contributed by atoms with Gasteiger partial charge in [0.25, 0.3) is 5.78 Å². The minimum Gasteiger partial charge on any atom is -0.507 e. The van der Waals surface area contributed by atoms with Crippen LogP contribution in [0.15, 0.2) is 78.4 Å². The van der Waals surface area contributed by atoms with Crippen LogP contribution in [0.3, 0.4) is 0 Å². The second-order valence-corrected chi connectivity index (χ2v) is 7.72. The molecule has 1 aliphatic heterocycles. The first-order valence-electron chi connectivity index (χ1n) is 10.6. The maximum absolute atomic E-state index is 13.3. The summed E-state index contributed by atoms with van der Waals surface area (Å²) in [4.78, 5) is 35.6. The normalized spacial score (nSPS) is 17.4. The number of imidazole rings is 1. The first-order valence-corrected chi connectivity index (χ1v) is 10.6. The van der Waals surface area contributed by atoms with E-state index in [2.05, 4.69) is 9.97 Å². The molecule has 1 aromatic heterocycles. The Balaban J connectivity index is 1.75. The number of hydrogen-bond donors (Lipinski definition) is 2. The standard InChI is InChI=1S/C26H21N3O5/c1-33-16-12-13-20(34-2)17(14-16)23(30)21-22(15-8-4-3-5-9-15)29(25(32)24(21)31)26-27-18-10-6-7-11-19(18)28-26/h3-14,22,30H,1-2H3,(H,27,28)/b23-21+. The molecule has 2 heterocycles. The summed E-state index contributed by atoms with van der Waals surface area (Å²) in [6, 6.07) is 20.3. The molecule has 1 aliphatic rings. The van der Waals surface area contributed by atoms with Gasteiger partial charge in [0.2, 0.25) is 5.95 Å². The molecule has 1 fully saturated rings. The highest BCUT2D eigenvalue weighted by Gasteiger charge is 2.48. The number of aliphatic hydroxyl groups is 1. The number of Topliss-reactive ketones (excluding diaryl/α,β-unsaturated/α-hetero) is 1. The number of anilines is 1. The first kappa shape index (κ1) is 21.3. The van der Waals surface area contributed by atoms with E-state index in [1.54, 1.807) is 42.5 Å². The van der Waals surface area contributed by atoms with E-state index in [-0.39, 0.29) is 22.8 Å². The van der Waals surface area contributed by atoms with Gasteiger partial charge in [0, 0.05) is 0 Å². The molecule has 0 radical (unpaired) electrons. The minimum atomic E-state index is -0.905. The van der Waals surface area contributed by atoms with Crippen LogP contribution in [0.5, 0.6) is 11.5 Å². The van der Waals surface area contributed by atoms with E-state index in [0.29, 0.717) is 22.6 Å². The number of hydrogen-bond acceptors (Lipinski definition) is 6. The second-order valence-electron chi connectivity index (χ2n) is 7.72. The molecule has 5 rings (SSSR count). The van der Waals surface area contributed by atoms with Gasteiger partial charge in [-0.3, -0.25) is 14.5 Å². The molecule has 3 aromatic carbocycles. The van der Waals surface area contributed by atoms with Crippen molar-refractivity contribution in [3.05, 3.63) is 89.5 Å². The van der Waals surface area contributed by atoms with Gasteiger partial charge in [-0.05, 0) is 35.9 Å². The molecule has 0 spiro atoms. The highest BCUT2D eigenvalue weighted by Crippen LogP contribution is 2.43. The lowest BCUT2D eigenvalue weighted by Crippen LogP contribution is -2.30. The largest absolute Gasteiger partial charge is 0.507 e. The van der Waals surface area contributed by atoms with Crippen LogP contribution in [0.2, 0.25) is 0 Å². The van der Waals surface area contributed by atoms with Gasteiger partial charge in [-0.2, -0.15) is 0 Å². The van der Waals surface area contributed by atoms with Gasteiger partial charge < -0.3 is 19.6 Å². The van der Waals surface area contributed by atoms with E-state index >= 15 is 0 Å². The summed E-state index contributed by atoms with van der Waals surface area (Å²) >= 11 is 0. The second kappa shape index (κ2) is 8.40. The number of aromatic amines is 1. The molecule has 8 nitrogen and oxygen atoms in total. The summed E-state index contributed by atoms with van der Waals surface area (Å²) in [7, 11) is 2.95. The number of carbonyl (C=O) groups is 2. The molecule has 2 N–H and O–H groups in total. The molecule has 4 aromatic rings. The van der Waals surface area contributed by atoms with Crippen LogP contribution in [0, 0.1) is 0 Å². The van der Waals surface area contributed by atoms with Crippen molar-refractivity contribution in [2.24, 2.45) is 0 Å². The van der Waals surface area contributed by atoms with Crippen LogP contribution in [0.4, 0.5) is 5.95 Å². The fourth-order valence-electron chi connectivity index (χ4n) is 4.20. The van der Waals surface area contributed by atoms with Crippen LogP contribution in [-0.2, 0) is 9.59 Å². The molecule has 1 amide bonds. The van der Waals surface area contributed by atoms with E-state index < -0.39 is 17.7 Å². The third-order valence-electron chi connectivity index (χ3n) is 5.83. The van der Waals surface area contributed by atoms with Gasteiger partial charge in [-0.25, -0.2) is 4.98 Å². The summed E-state index contributed by atoms with van der Waals surface area (Å²) in [6.07, 6.45) is 0. The lowest BCUT2D eigenvalue weighted by atomic mass is 9.95. The maximum Gasteiger partial charge on any atom is 0.302 e. The van der Waals surface area contributed by atoms with Crippen molar-refractivity contribution in [2.45, 2.75) is 6.04 Å². The van der Waals surface area contributed by atoms with Crippen molar-refractivity contribution in [2.75, 3.05) is 19.1 Å². The SMILES string of the molecule is COc1ccc(OC)c(/C(O)=C2\C(=O)C(=O)N(c3nc4ccccc4[nH]3)C2c2ccccc2)c1. The number of aromatic nitrogens is 2. The Morgan fingerprint density at radius 1 is 0.971 bits per heavy atom. The summed E-state index contributed by atoms with van der Waals surface area (Å²) in [6.45, 7) is 0. The average Bonchev–Trinajstić information content (AvgIpc) is 3.42. The van der Waals surface area contributed by atoms with Crippen LogP contribution in [-0.4, -0.2) is 41.0 Å². The fourth-order valence-corrected chi connectivity index (χ4v) is 4.20. The number of benzene rings is 3. The maximum atomic E-state index is 13.3. The third-order valence-corrected chi connectivity index (χ3v) is 5.83. The van der Waals surface area contributed by atoms with Gasteiger partial charge in [0.1, 0.15) is 17.3 Å². The number of H-pyrrole nitrogens is 1. The summed E-state index contributed by atoms with van der Waals surface area (Å²) in [5.74, 6) is -0.964. The number of carbonyl (C=O) groups excluding carboxylic acids is 2. The fraction of sp³-hybridized carbons (Fsp3) is 0.115. The summed E-state index contributed by atoms with van der Waals surface area (Å²) in [5.41, 5.74) is 2.19. The number of methoxy groups -OCH3 is 2. The number of fused-ring (bicyclic) bond motifs is 1. The molecular weight excluding hydrogens is 434 g/mol. The monoisotopic (exact) mass is 455 g/mol. The summed E-state index contributed by atoms with van der Waals surface area (Å²) in [5, 5.41) is 11.4. The zero-order valence-corrected chi connectivity index (χ0v) is 18.5. The molecule has 1 atom stereocenters. The van der Waals surface area contributed by atoms with Crippen LogP contribution >= 0.6 is 0 Å². The van der Waals surface area contributed by atoms with Gasteiger partial charge in [0.05, 0.1) is 42.4 Å². The third kappa shape index (κ3) is 3.36. The molecule has 1 saturated heterocycles. The molecule has 8 heteroatoms. The van der Waals surface area contributed by atoms with Crippen molar-refractivity contribution in [1.82, 2.24) is 9.97 Å². The van der Waals surface area contributed by atoms with E-state index in [1.165, 1.54) is 19.1 Å². The lowest BCUT2D eigenvalue weighted by Gasteiger charge is -2.23. The van der Waals surface area contributed by atoms with Gasteiger partial charge in [-0.1, -0.05) is 42.5 Å². The van der Waals surface area contributed by atoms with Gasteiger partial charge in [0.15, 0.2) is 0 Å². The number of ether oxygens (including phenoxy) is 2. The van der Waals surface area contributed by atoms with Crippen molar-refractivity contribution < 1.29 is 24.2 Å². The van der Waals surface area contributed by atoms with E-state index in [1.807, 2.05) is 30.3 Å². The molecule has 0 bridgehead atoms. The quantitative estimate of drug-likeness (QED) is 0.265. The number of para-hydroxylation sites is 2. The van der Waals surface area contributed by atoms with E-state index in [0.717, 1.165) is 5.52 Å². The molecule has 0 saturated carbocycles. The molecule has 34 heavy (non-hydrogen) atoms. The number of rotatable bonds is 5. The van der Waals surface area contributed by atoms with E-state index in [9.17, 15) is 14.7 Å². The zero-order valence-electron chi connectivity index (χ0n) is 18.5. The highest BCUT2D eigenvalue weighted by atomic mass is 16.5. The number of nitrogens with one attached hydrogen (secondary N) is 1. The van der Waals surface area contributed by atoms with E-state index in [4.69, 9.17) is 9.47 Å². The van der Waals surface area contributed by atoms with Crippen molar-refractivity contribution in [1.29, 1.82) is 0 Å². The Morgan fingerprint density at radius 2 is 1.71 bits per heavy atom. The Bertz CT molecular complexity index is 1410. The molecular formula is C26H21N3O5. The van der Waals surface area contributed by atoms with Crippen molar-refractivity contribution >= 4 is 34.4 Å². The lowest BCUT2D eigenvalue weighted by molar-refractivity contribution is -0.132. The van der Waals surface area contributed by atoms with Crippen molar-refractivity contribution in [3.8, 4) is 11.5 Å². The van der Waals surface area contributed by atoms with Crippen LogP contribution in [0.25, 0.3) is 16.8 Å². The van der Waals surface area contributed by atoms with Gasteiger partial charge >= 0.3 is 5.91 Å². The number of ketones is 1. The van der Waals surface area contributed by atoms with Gasteiger partial charge in [-0.15, -0.1) is 0 Å². The predicted octanol–water partition coefficient (Wildman–Crippen LogP) is 4.21. The number of aliphatic hydroxyl groups excluding tert-OH is 1. The molecule has 0 aliphatic carbocycles. The Labute approximate surface area is 195 Å².